The fourth-order valence-electron chi connectivity index (χ4n) is 2.89. The molecule has 0 saturated carbocycles. The first-order chi connectivity index (χ1) is 12.9. The molecule has 140 valence electrons. The van der Waals surface area contributed by atoms with E-state index in [1.54, 1.807) is 16.8 Å². The molecule has 1 fully saturated rings. The fourth-order valence-corrected chi connectivity index (χ4v) is 4.19. The molecule has 1 aromatic carbocycles. The maximum atomic E-state index is 12.6. The van der Waals surface area contributed by atoms with Gasteiger partial charge in [0, 0.05) is 35.6 Å². The first kappa shape index (κ1) is 19.1. The minimum atomic E-state index is -0.952. The molecule has 0 unspecified atom stereocenters. The van der Waals surface area contributed by atoms with Crippen LogP contribution in [-0.2, 0) is 20.9 Å². The number of carbonyl (C=O) groups excluding carboxylic acids is 1. The number of carboxylic acid groups (broad SMARTS) is 2. The van der Waals surface area contributed by atoms with Crippen molar-refractivity contribution in [3.8, 4) is 0 Å². The Balaban J connectivity index is 1.88. The van der Waals surface area contributed by atoms with Crippen molar-refractivity contribution in [1.82, 2.24) is 9.47 Å². The van der Waals surface area contributed by atoms with Crippen LogP contribution in [0.1, 0.15) is 18.4 Å². The van der Waals surface area contributed by atoms with Gasteiger partial charge in [-0.1, -0.05) is 42.2 Å². The second kappa shape index (κ2) is 7.93. The van der Waals surface area contributed by atoms with Gasteiger partial charge in [0.05, 0.1) is 4.91 Å². The summed E-state index contributed by atoms with van der Waals surface area (Å²) in [6.45, 7) is 0.0829. The highest BCUT2D eigenvalue weighted by Gasteiger charge is 2.31. The van der Waals surface area contributed by atoms with Gasteiger partial charge in [-0.05, 0) is 18.6 Å². The molecular formula is C18H16N2O5S2. The van der Waals surface area contributed by atoms with Gasteiger partial charge >= 0.3 is 11.9 Å². The number of aliphatic carboxylic acids is 2. The number of fused-ring (bicyclic) bond motifs is 1. The zero-order valence-electron chi connectivity index (χ0n) is 14.1. The number of carboxylic acids is 2. The van der Waals surface area contributed by atoms with Gasteiger partial charge in [0.25, 0.3) is 5.91 Å². The van der Waals surface area contributed by atoms with E-state index < -0.39 is 11.9 Å². The normalized spacial score (nSPS) is 15.9. The van der Waals surface area contributed by atoms with Gasteiger partial charge in [-0.2, -0.15) is 0 Å². The zero-order chi connectivity index (χ0) is 19.6. The molecule has 1 aromatic heterocycles. The van der Waals surface area contributed by atoms with Gasteiger partial charge in [-0.3, -0.25) is 19.3 Å². The van der Waals surface area contributed by atoms with Gasteiger partial charge in [0.15, 0.2) is 0 Å². The van der Waals surface area contributed by atoms with E-state index in [2.05, 4.69) is 0 Å². The van der Waals surface area contributed by atoms with E-state index in [1.807, 2.05) is 24.3 Å². The lowest BCUT2D eigenvalue weighted by atomic mass is 10.1. The SMILES string of the molecule is O=C(O)CCCN1C(=O)/C(=C/c2cn(CC(=O)O)c3ccccc23)SC1=S. The van der Waals surface area contributed by atoms with Crippen molar-refractivity contribution in [1.29, 1.82) is 0 Å². The summed E-state index contributed by atoms with van der Waals surface area (Å²) >= 11 is 6.41. The second-order valence-electron chi connectivity index (χ2n) is 5.95. The summed E-state index contributed by atoms with van der Waals surface area (Å²) in [7, 11) is 0. The third-order valence-corrected chi connectivity index (χ3v) is 5.44. The molecule has 0 aliphatic carbocycles. The molecule has 27 heavy (non-hydrogen) atoms. The Morgan fingerprint density at radius 3 is 2.63 bits per heavy atom. The van der Waals surface area contributed by atoms with Gasteiger partial charge in [-0.25, -0.2) is 0 Å². The van der Waals surface area contributed by atoms with E-state index in [9.17, 15) is 14.4 Å². The van der Waals surface area contributed by atoms with Gasteiger partial charge in [0.1, 0.15) is 10.9 Å². The minimum absolute atomic E-state index is 0.0290. The first-order valence-corrected chi connectivity index (χ1v) is 9.36. The number of carbonyl (C=O) groups is 3. The highest BCUT2D eigenvalue weighted by Crippen LogP contribution is 2.34. The highest BCUT2D eigenvalue weighted by atomic mass is 32.2. The second-order valence-corrected chi connectivity index (χ2v) is 7.63. The number of hydrogen-bond donors (Lipinski definition) is 2. The van der Waals surface area contributed by atoms with Crippen molar-refractivity contribution in [2.24, 2.45) is 0 Å². The molecule has 3 rings (SSSR count). The Bertz CT molecular complexity index is 979. The number of amides is 1. The average Bonchev–Trinajstić information content (AvgIpc) is 3.07. The molecule has 0 bridgehead atoms. The third kappa shape index (κ3) is 4.20. The molecule has 1 aliphatic heterocycles. The molecule has 2 aromatic rings. The molecule has 1 amide bonds. The monoisotopic (exact) mass is 404 g/mol. The minimum Gasteiger partial charge on any atom is -0.481 e. The van der Waals surface area contributed by atoms with Crippen molar-refractivity contribution >= 4 is 63.1 Å². The summed E-state index contributed by atoms with van der Waals surface area (Å²) in [5, 5.41) is 18.7. The average molecular weight is 404 g/mol. The highest BCUT2D eigenvalue weighted by molar-refractivity contribution is 8.26. The molecule has 0 atom stereocenters. The Morgan fingerprint density at radius 1 is 1.19 bits per heavy atom. The standard InChI is InChI=1S/C18H16N2O5S2/c21-15(22)6-3-7-20-17(25)14(27-18(20)26)8-11-9-19(10-16(23)24)13-5-2-1-4-12(11)13/h1-2,4-5,8-9H,3,6-7,10H2,(H,21,22)(H,23,24)/b14-8-. The van der Waals surface area contributed by atoms with E-state index in [0.29, 0.717) is 15.6 Å². The van der Waals surface area contributed by atoms with Crippen LogP contribution in [0, 0.1) is 0 Å². The summed E-state index contributed by atoms with van der Waals surface area (Å²) in [6.07, 6.45) is 3.71. The molecule has 0 spiro atoms. The predicted molar refractivity (Wildman–Crippen MR) is 106 cm³/mol. The zero-order valence-corrected chi connectivity index (χ0v) is 15.8. The van der Waals surface area contributed by atoms with Crippen LogP contribution < -0.4 is 0 Å². The molecule has 1 saturated heterocycles. The Kier molecular flexibility index (Phi) is 5.62. The van der Waals surface area contributed by atoms with E-state index in [1.165, 1.54) is 4.90 Å². The number of aromatic nitrogens is 1. The smallest absolute Gasteiger partial charge is 0.323 e. The van der Waals surface area contributed by atoms with Crippen LogP contribution in [0.4, 0.5) is 0 Å². The van der Waals surface area contributed by atoms with Crippen molar-refractivity contribution < 1.29 is 24.6 Å². The van der Waals surface area contributed by atoms with Crippen LogP contribution in [0.2, 0.25) is 0 Å². The molecular weight excluding hydrogens is 388 g/mol. The van der Waals surface area contributed by atoms with E-state index in [0.717, 1.165) is 28.2 Å². The van der Waals surface area contributed by atoms with Crippen LogP contribution in [0.25, 0.3) is 17.0 Å². The largest absolute Gasteiger partial charge is 0.481 e. The molecule has 7 nitrogen and oxygen atoms in total. The van der Waals surface area contributed by atoms with Crippen LogP contribution in [0.5, 0.6) is 0 Å². The molecule has 2 heterocycles. The van der Waals surface area contributed by atoms with Crippen LogP contribution in [-0.4, -0.2) is 48.4 Å². The summed E-state index contributed by atoms with van der Waals surface area (Å²) in [5.74, 6) is -2.13. The number of thiocarbonyl (C=S) groups is 1. The van der Waals surface area contributed by atoms with Crippen LogP contribution in [0.3, 0.4) is 0 Å². The number of benzene rings is 1. The first-order valence-electron chi connectivity index (χ1n) is 8.13. The molecule has 1 aliphatic rings. The third-order valence-electron chi connectivity index (χ3n) is 4.06. The van der Waals surface area contributed by atoms with E-state index in [4.69, 9.17) is 22.4 Å². The summed E-state index contributed by atoms with van der Waals surface area (Å²) in [5.41, 5.74) is 1.50. The summed E-state index contributed by atoms with van der Waals surface area (Å²) in [4.78, 5) is 36.2. The fraction of sp³-hybridized carbons (Fsp3) is 0.222. The predicted octanol–water partition coefficient (Wildman–Crippen LogP) is 2.79. The number of hydrogen-bond acceptors (Lipinski definition) is 5. The molecule has 0 radical (unpaired) electrons. The van der Waals surface area contributed by atoms with Gasteiger partial charge in [-0.15, -0.1) is 0 Å². The molecule has 2 N–H and O–H groups in total. The van der Waals surface area contributed by atoms with Crippen molar-refractivity contribution in [3.05, 3.63) is 40.9 Å². The summed E-state index contributed by atoms with van der Waals surface area (Å²) < 4.78 is 2.02. The number of para-hydroxylation sites is 1. The Morgan fingerprint density at radius 2 is 1.93 bits per heavy atom. The lowest BCUT2D eigenvalue weighted by molar-refractivity contribution is -0.138. The van der Waals surface area contributed by atoms with Gasteiger partial charge < -0.3 is 14.8 Å². The maximum Gasteiger partial charge on any atom is 0.323 e. The topological polar surface area (TPSA) is 99.8 Å². The van der Waals surface area contributed by atoms with Crippen LogP contribution in [0.15, 0.2) is 35.4 Å². The number of thioether (sulfide) groups is 1. The molecule has 9 heteroatoms. The summed E-state index contributed by atoms with van der Waals surface area (Å²) in [6, 6.07) is 7.37. The van der Waals surface area contributed by atoms with Gasteiger partial charge in [0.2, 0.25) is 0 Å². The maximum absolute atomic E-state index is 12.6. The van der Waals surface area contributed by atoms with E-state index >= 15 is 0 Å². The van der Waals surface area contributed by atoms with Crippen molar-refractivity contribution in [3.63, 3.8) is 0 Å². The Labute approximate surface area is 164 Å². The quantitative estimate of drug-likeness (QED) is 0.541. The van der Waals surface area contributed by atoms with Crippen molar-refractivity contribution in [2.45, 2.75) is 19.4 Å². The Hall–Kier alpha value is -2.65. The number of rotatable bonds is 7. The number of nitrogens with zero attached hydrogens (tertiary/aromatic N) is 2. The van der Waals surface area contributed by atoms with E-state index in [-0.39, 0.29) is 25.4 Å². The lowest BCUT2D eigenvalue weighted by Gasteiger charge is -2.13. The van der Waals surface area contributed by atoms with Crippen LogP contribution >= 0.6 is 24.0 Å². The van der Waals surface area contributed by atoms with Crippen molar-refractivity contribution in [2.75, 3.05) is 6.54 Å². The lowest BCUT2D eigenvalue weighted by Crippen LogP contribution is -2.29.